The summed E-state index contributed by atoms with van der Waals surface area (Å²) in [5, 5.41) is 3.46. The van der Waals surface area contributed by atoms with Crippen molar-refractivity contribution in [1.29, 1.82) is 0 Å². The summed E-state index contributed by atoms with van der Waals surface area (Å²) in [4.78, 5) is 7.92. The summed E-state index contributed by atoms with van der Waals surface area (Å²) in [5.74, 6) is 0.625. The fraction of sp³-hybridized carbons (Fsp3) is 0.500. The highest BCUT2D eigenvalue weighted by molar-refractivity contribution is 6.31. The van der Waals surface area contributed by atoms with Crippen molar-refractivity contribution >= 4 is 17.4 Å². The molecule has 0 aliphatic rings. The van der Waals surface area contributed by atoms with Crippen LogP contribution in [0.5, 0.6) is 0 Å². The number of methoxy groups -OCH3 is 1. The Hall–Kier alpha value is -0.870. The molecule has 0 aliphatic heterocycles. The van der Waals surface area contributed by atoms with Crippen molar-refractivity contribution in [3.63, 3.8) is 0 Å². The fourth-order valence-corrected chi connectivity index (χ4v) is 1.03. The average molecular weight is 202 g/mol. The number of nitrogens with zero attached hydrogens (tertiary/aromatic N) is 2. The zero-order valence-electron chi connectivity index (χ0n) is 7.46. The minimum atomic E-state index is 0.403. The molecular weight excluding hydrogens is 190 g/mol. The topological polar surface area (TPSA) is 47.0 Å². The maximum absolute atomic E-state index is 5.77. The van der Waals surface area contributed by atoms with Crippen LogP contribution in [-0.4, -0.2) is 30.2 Å². The number of aromatic nitrogens is 2. The van der Waals surface area contributed by atoms with Gasteiger partial charge in [0.1, 0.15) is 0 Å². The molecule has 0 aliphatic carbocycles. The van der Waals surface area contributed by atoms with E-state index in [0.29, 0.717) is 11.0 Å². The molecule has 0 radical (unpaired) electrons. The van der Waals surface area contributed by atoms with Gasteiger partial charge in [0.25, 0.3) is 0 Å². The van der Waals surface area contributed by atoms with Crippen LogP contribution in [0.1, 0.15) is 6.42 Å². The summed E-state index contributed by atoms with van der Waals surface area (Å²) in [6.45, 7) is 1.51. The lowest BCUT2D eigenvalue weighted by Gasteiger charge is -2.04. The molecule has 0 unspecified atom stereocenters. The normalized spacial score (nSPS) is 10.0. The minimum absolute atomic E-state index is 0.403. The van der Waals surface area contributed by atoms with E-state index in [-0.39, 0.29) is 0 Å². The van der Waals surface area contributed by atoms with Gasteiger partial charge in [-0.1, -0.05) is 11.6 Å². The minimum Gasteiger partial charge on any atom is -0.385 e. The third-order valence-electron chi connectivity index (χ3n) is 1.47. The smallest absolute Gasteiger partial charge is 0.171 e. The van der Waals surface area contributed by atoms with Crippen molar-refractivity contribution in [2.24, 2.45) is 0 Å². The third-order valence-corrected chi connectivity index (χ3v) is 1.75. The van der Waals surface area contributed by atoms with Crippen molar-refractivity contribution < 1.29 is 4.74 Å². The quantitative estimate of drug-likeness (QED) is 0.735. The summed E-state index contributed by atoms with van der Waals surface area (Å²) in [6, 6.07) is 0. The van der Waals surface area contributed by atoms with E-state index >= 15 is 0 Å². The summed E-state index contributed by atoms with van der Waals surface area (Å²) in [5.41, 5.74) is 0. The van der Waals surface area contributed by atoms with Gasteiger partial charge < -0.3 is 10.1 Å². The molecule has 13 heavy (non-hydrogen) atoms. The van der Waals surface area contributed by atoms with Gasteiger partial charge in [0.05, 0.1) is 0 Å². The highest BCUT2D eigenvalue weighted by atomic mass is 35.5. The molecule has 1 rings (SSSR count). The lowest BCUT2D eigenvalue weighted by molar-refractivity contribution is 0.197. The highest BCUT2D eigenvalue weighted by Gasteiger charge is 1.99. The van der Waals surface area contributed by atoms with E-state index in [1.807, 2.05) is 0 Å². The number of nitrogens with one attached hydrogen (secondary N) is 1. The molecule has 0 bridgehead atoms. The second-order valence-corrected chi connectivity index (χ2v) is 2.83. The van der Waals surface area contributed by atoms with Gasteiger partial charge in [0.2, 0.25) is 0 Å². The van der Waals surface area contributed by atoms with Gasteiger partial charge in [0, 0.05) is 32.7 Å². The summed E-state index contributed by atoms with van der Waals surface area (Å²) in [7, 11) is 1.68. The molecule has 0 aromatic carbocycles. The van der Waals surface area contributed by atoms with Gasteiger partial charge in [-0.2, -0.15) is 0 Å². The Bertz CT molecular complexity index is 257. The summed E-state index contributed by atoms with van der Waals surface area (Å²) in [6.07, 6.45) is 4.08. The molecule has 4 nitrogen and oxygen atoms in total. The Kier molecular flexibility index (Phi) is 4.49. The van der Waals surface area contributed by atoms with Gasteiger partial charge in [-0.25, -0.2) is 9.97 Å². The van der Waals surface area contributed by atoms with Crippen molar-refractivity contribution in [3.05, 3.63) is 17.5 Å². The van der Waals surface area contributed by atoms with E-state index in [2.05, 4.69) is 15.3 Å². The lowest BCUT2D eigenvalue weighted by Crippen LogP contribution is -2.06. The van der Waals surface area contributed by atoms with Crippen molar-refractivity contribution in [3.8, 4) is 0 Å². The molecule has 0 amide bonds. The van der Waals surface area contributed by atoms with Crippen LogP contribution in [0, 0.1) is 0 Å². The van der Waals surface area contributed by atoms with Crippen LogP contribution in [0.15, 0.2) is 12.4 Å². The Morgan fingerprint density at radius 2 is 2.23 bits per heavy atom. The van der Waals surface area contributed by atoms with Gasteiger partial charge in [-0.15, -0.1) is 0 Å². The second-order valence-electron chi connectivity index (χ2n) is 2.47. The van der Waals surface area contributed by atoms with Crippen LogP contribution in [-0.2, 0) is 4.74 Å². The first-order valence-electron chi connectivity index (χ1n) is 4.04. The standard InChI is InChI=1S/C8H12ClN3O/c1-13-6-2-3-11-8-7(9)10-4-5-12-8/h4-5H,2-3,6H2,1H3,(H,11,12). The number of anilines is 1. The van der Waals surface area contributed by atoms with E-state index in [4.69, 9.17) is 16.3 Å². The third kappa shape index (κ3) is 3.57. The second kappa shape index (κ2) is 5.72. The lowest BCUT2D eigenvalue weighted by atomic mass is 10.4. The highest BCUT2D eigenvalue weighted by Crippen LogP contribution is 2.13. The van der Waals surface area contributed by atoms with Crippen LogP contribution in [0.2, 0.25) is 5.15 Å². The summed E-state index contributed by atoms with van der Waals surface area (Å²) < 4.78 is 4.90. The first-order chi connectivity index (χ1) is 6.34. The molecule has 1 N–H and O–H groups in total. The molecule has 0 saturated carbocycles. The number of rotatable bonds is 5. The van der Waals surface area contributed by atoms with Gasteiger partial charge in [-0.3, -0.25) is 0 Å². The maximum Gasteiger partial charge on any atom is 0.171 e. The molecule has 0 fully saturated rings. The molecular formula is C8H12ClN3O. The van der Waals surface area contributed by atoms with E-state index in [1.54, 1.807) is 19.5 Å². The van der Waals surface area contributed by atoms with Crippen LogP contribution < -0.4 is 5.32 Å². The van der Waals surface area contributed by atoms with Crippen LogP contribution in [0.25, 0.3) is 0 Å². The Morgan fingerprint density at radius 3 is 2.92 bits per heavy atom. The number of hydrogen-bond acceptors (Lipinski definition) is 4. The van der Waals surface area contributed by atoms with Crippen LogP contribution in [0.3, 0.4) is 0 Å². The average Bonchev–Trinajstić information content (AvgIpc) is 2.15. The van der Waals surface area contributed by atoms with E-state index < -0.39 is 0 Å². The van der Waals surface area contributed by atoms with Crippen LogP contribution >= 0.6 is 11.6 Å². The van der Waals surface area contributed by atoms with Gasteiger partial charge in [0.15, 0.2) is 11.0 Å². The molecule has 1 aromatic heterocycles. The fourth-order valence-electron chi connectivity index (χ4n) is 0.863. The van der Waals surface area contributed by atoms with E-state index in [0.717, 1.165) is 19.6 Å². The predicted molar refractivity (Wildman–Crippen MR) is 52.0 cm³/mol. The van der Waals surface area contributed by atoms with E-state index in [1.165, 1.54) is 0 Å². The first kappa shape index (κ1) is 10.2. The zero-order chi connectivity index (χ0) is 9.52. The molecule has 0 atom stereocenters. The van der Waals surface area contributed by atoms with Gasteiger partial charge in [-0.05, 0) is 6.42 Å². The van der Waals surface area contributed by atoms with Crippen LogP contribution in [0.4, 0.5) is 5.82 Å². The number of ether oxygens (including phenoxy) is 1. The molecule has 1 aromatic rings. The SMILES string of the molecule is COCCCNc1nccnc1Cl. The largest absolute Gasteiger partial charge is 0.385 e. The van der Waals surface area contributed by atoms with Crippen molar-refractivity contribution in [2.75, 3.05) is 25.6 Å². The first-order valence-corrected chi connectivity index (χ1v) is 4.41. The molecule has 1 heterocycles. The maximum atomic E-state index is 5.77. The summed E-state index contributed by atoms with van der Waals surface area (Å²) >= 11 is 5.77. The monoisotopic (exact) mass is 201 g/mol. The number of hydrogen-bond donors (Lipinski definition) is 1. The van der Waals surface area contributed by atoms with E-state index in [9.17, 15) is 0 Å². The Labute approximate surface area is 82.3 Å². The Balaban J connectivity index is 2.32. The predicted octanol–water partition coefficient (Wildman–Crippen LogP) is 1.58. The zero-order valence-corrected chi connectivity index (χ0v) is 8.21. The molecule has 5 heteroatoms. The molecule has 0 spiro atoms. The molecule has 72 valence electrons. The van der Waals surface area contributed by atoms with Crippen molar-refractivity contribution in [1.82, 2.24) is 9.97 Å². The molecule has 0 saturated heterocycles. The van der Waals surface area contributed by atoms with Gasteiger partial charge >= 0.3 is 0 Å². The number of halogens is 1. The van der Waals surface area contributed by atoms with Crippen molar-refractivity contribution in [2.45, 2.75) is 6.42 Å². The Morgan fingerprint density at radius 1 is 1.46 bits per heavy atom.